The Labute approximate surface area is 159 Å². The molecule has 0 saturated carbocycles. The lowest BCUT2D eigenvalue weighted by molar-refractivity contribution is -0.134. The van der Waals surface area contributed by atoms with Crippen molar-refractivity contribution in [2.24, 2.45) is 0 Å². The summed E-state index contributed by atoms with van der Waals surface area (Å²) in [5, 5.41) is 6.59. The van der Waals surface area contributed by atoms with Crippen molar-refractivity contribution in [1.29, 1.82) is 0 Å². The first kappa shape index (κ1) is 23.0. The van der Waals surface area contributed by atoms with E-state index in [-0.39, 0.29) is 30.8 Å². The van der Waals surface area contributed by atoms with E-state index in [0.717, 1.165) is 19.4 Å². The van der Waals surface area contributed by atoms with Crippen LogP contribution in [-0.4, -0.2) is 43.4 Å². The average molecular weight is 397 g/mol. The molecule has 0 aromatic heterocycles. The number of hydrogen-bond donors (Lipinski definition) is 2. The van der Waals surface area contributed by atoms with Gasteiger partial charge in [0.15, 0.2) is 0 Å². The zero-order chi connectivity index (χ0) is 17.2. The number of nitrogens with zero attached hydrogens (tertiary/aromatic N) is 1. The Balaban J connectivity index is 0.00000529. The lowest BCUT2D eigenvalue weighted by Crippen LogP contribution is -2.38. The summed E-state index contributed by atoms with van der Waals surface area (Å²) in [6, 6.07) is 4.85. The van der Waals surface area contributed by atoms with Gasteiger partial charge in [0.1, 0.15) is 0 Å². The second kappa shape index (κ2) is 12.4. The van der Waals surface area contributed by atoms with Gasteiger partial charge in [-0.15, -0.1) is 12.4 Å². The van der Waals surface area contributed by atoms with Crippen LogP contribution in [0.5, 0.6) is 0 Å². The van der Waals surface area contributed by atoms with Gasteiger partial charge in [0, 0.05) is 18.0 Å². The monoisotopic (exact) mass is 395 g/mol. The maximum absolute atomic E-state index is 12.2. The molecule has 0 aliphatic heterocycles. The fraction of sp³-hybridized carbons (Fsp3) is 0.500. The zero-order valence-electron chi connectivity index (χ0n) is 13.9. The quantitative estimate of drug-likeness (QED) is 0.627. The molecule has 0 fully saturated rings. The lowest BCUT2D eigenvalue weighted by atomic mass is 10.2. The standard InChI is InChI=1S/C16H23Cl2N3O2.ClH/c1-3-9-21(16(23)5-4-8-19-2)11-15(22)20-14-10-12(17)6-7-13(14)18;/h6-7,10,19H,3-5,8-9,11H2,1-2H3,(H,20,22);1H. The average Bonchev–Trinajstić information content (AvgIpc) is 2.50. The van der Waals surface area contributed by atoms with Gasteiger partial charge in [0.05, 0.1) is 17.3 Å². The number of rotatable bonds is 9. The fourth-order valence-corrected chi connectivity index (χ4v) is 2.43. The molecule has 2 amide bonds. The first-order valence-electron chi connectivity index (χ1n) is 7.65. The molecule has 1 aromatic rings. The van der Waals surface area contributed by atoms with E-state index in [0.29, 0.717) is 28.7 Å². The molecule has 0 unspecified atom stereocenters. The van der Waals surface area contributed by atoms with Crippen LogP contribution in [0.15, 0.2) is 18.2 Å². The van der Waals surface area contributed by atoms with Gasteiger partial charge in [-0.25, -0.2) is 0 Å². The van der Waals surface area contributed by atoms with Gasteiger partial charge >= 0.3 is 0 Å². The van der Waals surface area contributed by atoms with Gasteiger partial charge in [-0.2, -0.15) is 0 Å². The van der Waals surface area contributed by atoms with E-state index in [1.54, 1.807) is 23.1 Å². The predicted octanol–water partition coefficient (Wildman–Crippen LogP) is 3.59. The van der Waals surface area contributed by atoms with E-state index in [4.69, 9.17) is 23.2 Å². The molecule has 0 aliphatic rings. The Bertz CT molecular complexity index is 541. The van der Waals surface area contributed by atoms with E-state index in [1.807, 2.05) is 14.0 Å². The maximum Gasteiger partial charge on any atom is 0.244 e. The van der Waals surface area contributed by atoms with Crippen molar-refractivity contribution in [1.82, 2.24) is 10.2 Å². The van der Waals surface area contributed by atoms with E-state index in [2.05, 4.69) is 10.6 Å². The van der Waals surface area contributed by atoms with Gasteiger partial charge in [-0.05, 0) is 44.6 Å². The molecule has 0 heterocycles. The van der Waals surface area contributed by atoms with Crippen molar-refractivity contribution < 1.29 is 9.59 Å². The van der Waals surface area contributed by atoms with Crippen molar-refractivity contribution in [3.05, 3.63) is 28.2 Å². The lowest BCUT2D eigenvalue weighted by Gasteiger charge is -2.22. The molecule has 136 valence electrons. The summed E-state index contributed by atoms with van der Waals surface area (Å²) in [6.07, 6.45) is 1.96. The third kappa shape index (κ3) is 8.20. The summed E-state index contributed by atoms with van der Waals surface area (Å²) >= 11 is 11.9. The zero-order valence-corrected chi connectivity index (χ0v) is 16.2. The molecule has 8 heteroatoms. The number of hydrogen-bond acceptors (Lipinski definition) is 3. The van der Waals surface area contributed by atoms with Crippen molar-refractivity contribution >= 4 is 53.1 Å². The van der Waals surface area contributed by atoms with Gasteiger partial charge in [0.25, 0.3) is 0 Å². The highest BCUT2D eigenvalue weighted by Crippen LogP contribution is 2.25. The number of carbonyl (C=O) groups is 2. The first-order chi connectivity index (χ1) is 11.0. The largest absolute Gasteiger partial charge is 0.333 e. The molecule has 0 saturated heterocycles. The van der Waals surface area contributed by atoms with Crippen molar-refractivity contribution in [3.8, 4) is 0 Å². The minimum atomic E-state index is -0.287. The normalized spacial score (nSPS) is 10.0. The summed E-state index contributed by atoms with van der Waals surface area (Å²) in [5.74, 6) is -0.306. The molecule has 1 rings (SSSR count). The van der Waals surface area contributed by atoms with Crippen LogP contribution in [0.2, 0.25) is 10.0 Å². The van der Waals surface area contributed by atoms with Crippen LogP contribution in [-0.2, 0) is 9.59 Å². The van der Waals surface area contributed by atoms with Crippen LogP contribution in [0.4, 0.5) is 5.69 Å². The topological polar surface area (TPSA) is 61.4 Å². The van der Waals surface area contributed by atoms with Gasteiger partial charge in [-0.3, -0.25) is 9.59 Å². The Hall–Kier alpha value is -1.01. The van der Waals surface area contributed by atoms with E-state index >= 15 is 0 Å². The minimum Gasteiger partial charge on any atom is -0.333 e. The summed E-state index contributed by atoms with van der Waals surface area (Å²) in [6.45, 7) is 3.31. The highest BCUT2D eigenvalue weighted by molar-refractivity contribution is 6.35. The third-order valence-electron chi connectivity index (χ3n) is 3.20. The highest BCUT2D eigenvalue weighted by Gasteiger charge is 2.16. The molecule has 24 heavy (non-hydrogen) atoms. The van der Waals surface area contributed by atoms with Crippen molar-refractivity contribution in [2.45, 2.75) is 26.2 Å². The molecule has 0 bridgehead atoms. The summed E-state index contributed by atoms with van der Waals surface area (Å²) in [4.78, 5) is 25.9. The number of carbonyl (C=O) groups excluding carboxylic acids is 2. The second-order valence-corrected chi connectivity index (χ2v) is 6.04. The van der Waals surface area contributed by atoms with Gasteiger partial charge in [-0.1, -0.05) is 30.1 Å². The number of halogens is 3. The molecule has 0 spiro atoms. The summed E-state index contributed by atoms with van der Waals surface area (Å²) < 4.78 is 0. The van der Waals surface area contributed by atoms with E-state index in [9.17, 15) is 9.59 Å². The van der Waals surface area contributed by atoms with Crippen LogP contribution in [0.25, 0.3) is 0 Å². The Kier molecular flexibility index (Phi) is 11.8. The van der Waals surface area contributed by atoms with Crippen LogP contribution >= 0.6 is 35.6 Å². The smallest absolute Gasteiger partial charge is 0.244 e. The van der Waals surface area contributed by atoms with Crippen LogP contribution < -0.4 is 10.6 Å². The van der Waals surface area contributed by atoms with Crippen LogP contribution in [0.3, 0.4) is 0 Å². The number of nitrogens with one attached hydrogen (secondary N) is 2. The molecule has 0 atom stereocenters. The number of amides is 2. The highest BCUT2D eigenvalue weighted by atomic mass is 35.5. The molecule has 1 aromatic carbocycles. The third-order valence-corrected chi connectivity index (χ3v) is 3.77. The van der Waals surface area contributed by atoms with E-state index in [1.165, 1.54) is 0 Å². The first-order valence-corrected chi connectivity index (χ1v) is 8.40. The molecular weight excluding hydrogens is 373 g/mol. The molecular formula is C16H24Cl3N3O2. The Morgan fingerprint density at radius 2 is 1.96 bits per heavy atom. The van der Waals surface area contributed by atoms with Crippen molar-refractivity contribution in [3.63, 3.8) is 0 Å². The summed E-state index contributed by atoms with van der Waals surface area (Å²) in [7, 11) is 1.84. The summed E-state index contributed by atoms with van der Waals surface area (Å²) in [5.41, 5.74) is 0.447. The molecule has 5 nitrogen and oxygen atoms in total. The Morgan fingerprint density at radius 3 is 2.58 bits per heavy atom. The Morgan fingerprint density at radius 1 is 1.25 bits per heavy atom. The van der Waals surface area contributed by atoms with E-state index < -0.39 is 0 Å². The van der Waals surface area contributed by atoms with Crippen LogP contribution in [0.1, 0.15) is 26.2 Å². The molecule has 0 aliphatic carbocycles. The van der Waals surface area contributed by atoms with Gasteiger partial charge in [0.2, 0.25) is 11.8 Å². The van der Waals surface area contributed by atoms with Gasteiger partial charge < -0.3 is 15.5 Å². The SMILES string of the molecule is CCCN(CC(=O)Nc1cc(Cl)ccc1Cl)C(=O)CCCNC.Cl. The number of anilines is 1. The van der Waals surface area contributed by atoms with Crippen molar-refractivity contribution in [2.75, 3.05) is 32.0 Å². The molecule has 2 N–H and O–H groups in total. The number of benzene rings is 1. The van der Waals surface area contributed by atoms with Crippen LogP contribution in [0, 0.1) is 0 Å². The molecule has 0 radical (unpaired) electrons. The second-order valence-electron chi connectivity index (χ2n) is 5.19. The maximum atomic E-state index is 12.2. The predicted molar refractivity (Wildman–Crippen MR) is 102 cm³/mol. The fourth-order valence-electron chi connectivity index (χ4n) is 2.09. The minimum absolute atomic E-state index is 0.